The normalized spacial score (nSPS) is 11.2. The van der Waals surface area contributed by atoms with Gasteiger partial charge in [-0.05, 0) is 43.3 Å². The fourth-order valence-electron chi connectivity index (χ4n) is 2.51. The van der Waals surface area contributed by atoms with Crippen molar-refractivity contribution in [1.82, 2.24) is 9.78 Å². The third kappa shape index (κ3) is 5.14. The molecule has 0 unspecified atom stereocenters. The van der Waals surface area contributed by atoms with Crippen molar-refractivity contribution in [2.24, 2.45) is 0 Å². The number of halogens is 4. The van der Waals surface area contributed by atoms with Crippen LogP contribution in [-0.2, 0) is 0 Å². The number of carbonyl (C=O) groups excluding carboxylic acids is 1. The van der Waals surface area contributed by atoms with E-state index in [0.717, 1.165) is 12.1 Å². The van der Waals surface area contributed by atoms with Crippen LogP contribution in [0.2, 0.25) is 5.02 Å². The molecule has 0 aliphatic heterocycles. The van der Waals surface area contributed by atoms with Crippen molar-refractivity contribution < 1.29 is 22.7 Å². The molecule has 10 heteroatoms. The fourth-order valence-corrected chi connectivity index (χ4v) is 2.64. The molecular weight excluding hydrogens is 411 g/mol. The Balaban J connectivity index is 1.90. The number of anilines is 1. The van der Waals surface area contributed by atoms with Gasteiger partial charge in [0.15, 0.2) is 5.69 Å². The average Bonchev–Trinajstić information content (AvgIpc) is 2.61. The Bertz CT molecular complexity index is 1110. The van der Waals surface area contributed by atoms with E-state index in [0.29, 0.717) is 16.4 Å². The first-order valence-corrected chi connectivity index (χ1v) is 8.54. The second-order valence-corrected chi connectivity index (χ2v) is 6.35. The molecule has 0 saturated heterocycles. The molecule has 3 rings (SSSR count). The summed E-state index contributed by atoms with van der Waals surface area (Å²) < 4.78 is 42.2. The van der Waals surface area contributed by atoms with E-state index in [1.54, 1.807) is 31.2 Å². The number of aromatic nitrogens is 2. The van der Waals surface area contributed by atoms with E-state index >= 15 is 0 Å². The maximum Gasteiger partial charge on any atom is 0.573 e. The quantitative estimate of drug-likeness (QED) is 0.677. The molecule has 6 nitrogen and oxygen atoms in total. The van der Waals surface area contributed by atoms with E-state index in [9.17, 15) is 22.8 Å². The second-order valence-electron chi connectivity index (χ2n) is 5.92. The molecule has 150 valence electrons. The lowest BCUT2D eigenvalue weighted by molar-refractivity contribution is -0.274. The van der Waals surface area contributed by atoms with Gasteiger partial charge < -0.3 is 10.1 Å². The predicted octanol–water partition coefficient (Wildman–Crippen LogP) is 4.35. The lowest BCUT2D eigenvalue weighted by Gasteiger charge is -2.12. The minimum absolute atomic E-state index is 0.0107. The number of aryl methyl sites for hydroxylation is 1. The van der Waals surface area contributed by atoms with Crippen LogP contribution in [0.15, 0.2) is 59.4 Å². The van der Waals surface area contributed by atoms with Crippen molar-refractivity contribution in [1.29, 1.82) is 0 Å². The Morgan fingerprint density at radius 2 is 1.83 bits per heavy atom. The molecule has 1 N–H and O–H groups in total. The topological polar surface area (TPSA) is 73.2 Å². The third-order valence-electron chi connectivity index (χ3n) is 3.72. The van der Waals surface area contributed by atoms with Crippen molar-refractivity contribution in [3.8, 4) is 11.4 Å². The summed E-state index contributed by atoms with van der Waals surface area (Å²) in [5.41, 5.74) is 0.00754. The summed E-state index contributed by atoms with van der Waals surface area (Å²) in [5.74, 6) is -1.38. The summed E-state index contributed by atoms with van der Waals surface area (Å²) in [7, 11) is 0. The molecule has 0 bridgehead atoms. The van der Waals surface area contributed by atoms with E-state index in [2.05, 4.69) is 15.2 Å². The Labute approximate surface area is 167 Å². The highest BCUT2D eigenvalue weighted by atomic mass is 35.5. The molecule has 1 aromatic heterocycles. The largest absolute Gasteiger partial charge is 0.573 e. The zero-order valence-electron chi connectivity index (χ0n) is 14.8. The van der Waals surface area contributed by atoms with Gasteiger partial charge in [-0.25, -0.2) is 4.68 Å². The van der Waals surface area contributed by atoms with Crippen LogP contribution in [0.1, 0.15) is 16.2 Å². The number of amides is 1. The Kier molecular flexibility index (Phi) is 5.60. The van der Waals surface area contributed by atoms with Crippen LogP contribution in [0, 0.1) is 6.92 Å². The number of hydrogen-bond acceptors (Lipinski definition) is 4. The van der Waals surface area contributed by atoms with Crippen LogP contribution >= 0.6 is 11.6 Å². The van der Waals surface area contributed by atoms with Gasteiger partial charge in [-0.1, -0.05) is 17.7 Å². The fraction of sp³-hybridized carbons (Fsp3) is 0.105. The zero-order chi connectivity index (χ0) is 21.2. The van der Waals surface area contributed by atoms with Crippen LogP contribution in [0.5, 0.6) is 5.75 Å². The minimum atomic E-state index is -4.87. The third-order valence-corrected chi connectivity index (χ3v) is 3.97. The van der Waals surface area contributed by atoms with Crippen LogP contribution in [0.4, 0.5) is 18.9 Å². The lowest BCUT2D eigenvalue weighted by atomic mass is 10.2. The molecule has 29 heavy (non-hydrogen) atoms. The standard InChI is InChI=1S/C19H13ClF3N3O3/c1-11-9-16(27)17(25-26(11)14-7-5-12(20)6-8-14)18(28)24-13-3-2-4-15(10-13)29-19(21,22)23/h2-10H,1H3,(H,24,28). The van der Waals surface area contributed by atoms with Gasteiger partial charge in [-0.15, -0.1) is 13.2 Å². The number of rotatable bonds is 4. The summed E-state index contributed by atoms with van der Waals surface area (Å²) in [6.07, 6.45) is -4.87. The van der Waals surface area contributed by atoms with Crippen LogP contribution in [-0.4, -0.2) is 22.1 Å². The van der Waals surface area contributed by atoms with E-state index in [-0.39, 0.29) is 5.69 Å². The molecule has 0 aliphatic carbocycles. The number of hydrogen-bond donors (Lipinski definition) is 1. The predicted molar refractivity (Wildman–Crippen MR) is 101 cm³/mol. The van der Waals surface area contributed by atoms with Crippen molar-refractivity contribution in [3.63, 3.8) is 0 Å². The van der Waals surface area contributed by atoms with Gasteiger partial charge in [0.1, 0.15) is 5.75 Å². The maximum atomic E-state index is 12.5. The molecule has 0 saturated carbocycles. The van der Waals surface area contributed by atoms with Gasteiger partial charge in [-0.3, -0.25) is 9.59 Å². The number of benzene rings is 2. The molecule has 0 atom stereocenters. The number of alkyl halides is 3. The summed E-state index contributed by atoms with van der Waals surface area (Å²) in [4.78, 5) is 24.7. The van der Waals surface area contributed by atoms with Gasteiger partial charge >= 0.3 is 6.36 Å². The van der Waals surface area contributed by atoms with Gasteiger partial charge in [0.25, 0.3) is 5.91 Å². The average molecular weight is 424 g/mol. The van der Waals surface area contributed by atoms with Crippen molar-refractivity contribution in [2.45, 2.75) is 13.3 Å². The Hall–Kier alpha value is -3.33. The molecule has 0 aliphatic rings. The van der Waals surface area contributed by atoms with E-state index in [1.165, 1.54) is 22.9 Å². The van der Waals surface area contributed by atoms with Gasteiger partial charge in [0, 0.05) is 28.5 Å². The smallest absolute Gasteiger partial charge is 0.406 e. The molecule has 3 aromatic rings. The van der Waals surface area contributed by atoms with Crippen LogP contribution < -0.4 is 15.5 Å². The van der Waals surface area contributed by atoms with E-state index < -0.39 is 29.1 Å². The first kappa shape index (κ1) is 20.4. The van der Waals surface area contributed by atoms with Gasteiger partial charge in [-0.2, -0.15) is 5.10 Å². The van der Waals surface area contributed by atoms with Crippen LogP contribution in [0.25, 0.3) is 5.69 Å². The highest BCUT2D eigenvalue weighted by molar-refractivity contribution is 6.30. The first-order valence-electron chi connectivity index (χ1n) is 8.16. The summed E-state index contributed by atoms with van der Waals surface area (Å²) in [6, 6.07) is 12.5. The van der Waals surface area contributed by atoms with Crippen molar-refractivity contribution in [2.75, 3.05) is 5.32 Å². The number of nitrogens with zero attached hydrogens (tertiary/aromatic N) is 2. The number of carbonyl (C=O) groups is 1. The Morgan fingerprint density at radius 3 is 2.48 bits per heavy atom. The first-order chi connectivity index (χ1) is 13.6. The van der Waals surface area contributed by atoms with E-state index in [4.69, 9.17) is 11.6 Å². The second kappa shape index (κ2) is 7.96. The van der Waals surface area contributed by atoms with Crippen molar-refractivity contribution in [3.05, 3.63) is 81.2 Å². The highest BCUT2D eigenvalue weighted by Gasteiger charge is 2.31. The van der Waals surface area contributed by atoms with Gasteiger partial charge in [0.2, 0.25) is 5.43 Å². The SMILES string of the molecule is Cc1cc(=O)c(C(=O)Nc2cccc(OC(F)(F)F)c2)nn1-c1ccc(Cl)cc1. The van der Waals surface area contributed by atoms with E-state index in [1.807, 2.05) is 0 Å². The molecule has 1 amide bonds. The number of ether oxygens (including phenoxy) is 1. The molecule has 1 heterocycles. The molecule has 0 spiro atoms. The molecular formula is C19H13ClF3N3O3. The summed E-state index contributed by atoms with van der Waals surface area (Å²) in [6.45, 7) is 1.64. The molecule has 0 fully saturated rings. The summed E-state index contributed by atoms with van der Waals surface area (Å²) >= 11 is 5.86. The minimum Gasteiger partial charge on any atom is -0.406 e. The van der Waals surface area contributed by atoms with Gasteiger partial charge in [0.05, 0.1) is 5.69 Å². The zero-order valence-corrected chi connectivity index (χ0v) is 15.6. The number of nitrogens with one attached hydrogen (secondary N) is 1. The lowest BCUT2D eigenvalue weighted by Crippen LogP contribution is -2.27. The molecule has 0 radical (unpaired) electrons. The summed E-state index contributed by atoms with van der Waals surface area (Å²) in [5, 5.41) is 6.94. The highest BCUT2D eigenvalue weighted by Crippen LogP contribution is 2.25. The van der Waals surface area contributed by atoms with Crippen LogP contribution in [0.3, 0.4) is 0 Å². The molecule has 2 aromatic carbocycles. The monoisotopic (exact) mass is 423 g/mol. The Morgan fingerprint density at radius 1 is 1.14 bits per heavy atom. The maximum absolute atomic E-state index is 12.5. The van der Waals surface area contributed by atoms with Crippen molar-refractivity contribution >= 4 is 23.2 Å².